The molecule has 2 aromatic carbocycles. The number of anilines is 2. The van der Waals surface area contributed by atoms with Crippen LogP contribution in [0.3, 0.4) is 0 Å². The number of nitrogen functional groups attached to an aromatic ring is 1. The van der Waals surface area contributed by atoms with Crippen molar-refractivity contribution in [1.29, 1.82) is 5.26 Å². The van der Waals surface area contributed by atoms with E-state index in [0.29, 0.717) is 24.1 Å². The number of benzene rings is 2. The summed E-state index contributed by atoms with van der Waals surface area (Å²) in [4.78, 5) is 14.3. The first-order valence-electron chi connectivity index (χ1n) is 7.31. The molecule has 2 N–H and O–H groups in total. The molecule has 110 valence electrons. The van der Waals surface area contributed by atoms with Gasteiger partial charge in [-0.2, -0.15) is 5.26 Å². The maximum Gasteiger partial charge on any atom is 0.227 e. The molecule has 0 aliphatic carbocycles. The van der Waals surface area contributed by atoms with E-state index >= 15 is 0 Å². The zero-order valence-corrected chi connectivity index (χ0v) is 12.4. The summed E-state index contributed by atoms with van der Waals surface area (Å²) in [7, 11) is 0. The Morgan fingerprint density at radius 3 is 2.77 bits per heavy atom. The third-order valence-electron chi connectivity index (χ3n) is 4.16. The van der Waals surface area contributed by atoms with Gasteiger partial charge >= 0.3 is 0 Å². The number of aryl methyl sites for hydroxylation is 1. The molecule has 1 aliphatic heterocycles. The van der Waals surface area contributed by atoms with Crippen LogP contribution in [0.15, 0.2) is 42.5 Å². The van der Waals surface area contributed by atoms with E-state index < -0.39 is 0 Å². The van der Waals surface area contributed by atoms with Crippen molar-refractivity contribution in [3.05, 3.63) is 59.2 Å². The fraction of sp³-hybridized carbons (Fsp3) is 0.222. The third-order valence-corrected chi connectivity index (χ3v) is 4.16. The van der Waals surface area contributed by atoms with Crippen molar-refractivity contribution < 1.29 is 4.79 Å². The van der Waals surface area contributed by atoms with Gasteiger partial charge in [0, 0.05) is 17.8 Å². The zero-order chi connectivity index (χ0) is 15.7. The molecular weight excluding hydrogens is 274 g/mol. The second-order valence-corrected chi connectivity index (χ2v) is 5.53. The van der Waals surface area contributed by atoms with Crippen LogP contribution in [0.1, 0.15) is 36.1 Å². The Balaban J connectivity index is 2.08. The number of hydrogen-bond acceptors (Lipinski definition) is 3. The number of amides is 1. The van der Waals surface area contributed by atoms with Gasteiger partial charge in [0.05, 0.1) is 17.7 Å². The number of fused-ring (bicyclic) bond motifs is 1. The van der Waals surface area contributed by atoms with Crippen molar-refractivity contribution in [2.24, 2.45) is 0 Å². The van der Waals surface area contributed by atoms with Gasteiger partial charge in [0.15, 0.2) is 0 Å². The number of nitriles is 1. The molecule has 0 saturated heterocycles. The number of nitrogens with two attached hydrogens (primary N) is 1. The van der Waals surface area contributed by atoms with Crippen molar-refractivity contribution in [1.82, 2.24) is 0 Å². The summed E-state index contributed by atoms with van der Waals surface area (Å²) in [6, 6.07) is 15.1. The summed E-state index contributed by atoms with van der Waals surface area (Å²) < 4.78 is 0. The number of carbonyl (C=O) groups is 1. The summed E-state index contributed by atoms with van der Waals surface area (Å²) in [5.41, 5.74) is 10.00. The molecule has 4 nitrogen and oxygen atoms in total. The fourth-order valence-corrected chi connectivity index (χ4v) is 3.06. The highest BCUT2D eigenvalue weighted by molar-refractivity contribution is 5.97. The molecular formula is C18H17N3O. The van der Waals surface area contributed by atoms with Gasteiger partial charge in [-0.15, -0.1) is 0 Å². The molecule has 0 fully saturated rings. The number of carbonyl (C=O) groups excluding carboxylic acids is 1. The topological polar surface area (TPSA) is 70.1 Å². The fourth-order valence-electron chi connectivity index (χ4n) is 3.06. The Kier molecular flexibility index (Phi) is 3.56. The normalized spacial score (nSPS) is 15.1. The van der Waals surface area contributed by atoms with Crippen LogP contribution in [0.5, 0.6) is 0 Å². The average Bonchev–Trinajstić information content (AvgIpc) is 2.54. The van der Waals surface area contributed by atoms with Crippen molar-refractivity contribution in [2.75, 3.05) is 10.6 Å². The van der Waals surface area contributed by atoms with Crippen LogP contribution in [0.4, 0.5) is 11.4 Å². The summed E-state index contributed by atoms with van der Waals surface area (Å²) in [6.07, 6.45) is 1.18. The largest absolute Gasteiger partial charge is 0.399 e. The zero-order valence-electron chi connectivity index (χ0n) is 12.4. The molecule has 0 unspecified atom stereocenters. The van der Waals surface area contributed by atoms with Gasteiger partial charge < -0.3 is 10.6 Å². The average molecular weight is 291 g/mol. The second-order valence-electron chi connectivity index (χ2n) is 5.53. The molecule has 1 aliphatic rings. The van der Waals surface area contributed by atoms with Crippen LogP contribution in [0.2, 0.25) is 0 Å². The highest BCUT2D eigenvalue weighted by Gasteiger charge is 2.29. The molecule has 1 heterocycles. The van der Waals surface area contributed by atoms with Gasteiger partial charge in [0.1, 0.15) is 0 Å². The van der Waals surface area contributed by atoms with Gasteiger partial charge in [-0.05, 0) is 48.7 Å². The summed E-state index contributed by atoms with van der Waals surface area (Å²) in [6.45, 7) is 1.96. The minimum absolute atomic E-state index is 0.0810. The lowest BCUT2D eigenvalue weighted by atomic mass is 9.95. The van der Waals surface area contributed by atoms with Crippen molar-refractivity contribution in [2.45, 2.75) is 25.8 Å². The van der Waals surface area contributed by atoms with Gasteiger partial charge in [0.25, 0.3) is 0 Å². The van der Waals surface area contributed by atoms with Crippen LogP contribution < -0.4 is 10.6 Å². The van der Waals surface area contributed by atoms with Crippen LogP contribution in [-0.2, 0) is 11.2 Å². The third kappa shape index (κ3) is 2.31. The Morgan fingerprint density at radius 2 is 2.00 bits per heavy atom. The molecule has 4 heteroatoms. The van der Waals surface area contributed by atoms with Crippen molar-refractivity contribution in [3.63, 3.8) is 0 Å². The van der Waals surface area contributed by atoms with E-state index in [1.165, 1.54) is 0 Å². The molecule has 0 bridgehead atoms. The first-order chi connectivity index (χ1) is 10.6. The number of hydrogen-bond donors (Lipinski definition) is 1. The smallest absolute Gasteiger partial charge is 0.227 e. The molecule has 3 rings (SSSR count). The molecule has 2 aromatic rings. The van der Waals surface area contributed by atoms with Crippen LogP contribution in [0.25, 0.3) is 0 Å². The second kappa shape index (κ2) is 5.53. The van der Waals surface area contributed by atoms with Crippen molar-refractivity contribution >= 4 is 17.3 Å². The van der Waals surface area contributed by atoms with E-state index in [1.807, 2.05) is 43.3 Å². The monoisotopic (exact) mass is 291 g/mol. The van der Waals surface area contributed by atoms with Crippen LogP contribution in [-0.4, -0.2) is 5.91 Å². The molecule has 0 radical (unpaired) electrons. The summed E-state index contributed by atoms with van der Waals surface area (Å²) >= 11 is 0. The predicted octanol–water partition coefficient (Wildman–Crippen LogP) is 3.18. The maximum atomic E-state index is 12.5. The minimum atomic E-state index is -0.189. The predicted molar refractivity (Wildman–Crippen MR) is 86.2 cm³/mol. The number of rotatable bonds is 2. The molecule has 0 spiro atoms. The maximum absolute atomic E-state index is 12.5. The van der Waals surface area contributed by atoms with Crippen molar-refractivity contribution in [3.8, 4) is 6.07 Å². The van der Waals surface area contributed by atoms with Crippen LogP contribution in [0, 0.1) is 11.3 Å². The molecule has 1 atom stereocenters. The lowest BCUT2D eigenvalue weighted by molar-refractivity contribution is -0.119. The minimum Gasteiger partial charge on any atom is -0.399 e. The van der Waals surface area contributed by atoms with Gasteiger partial charge in [-0.25, -0.2) is 0 Å². The first kappa shape index (κ1) is 14.2. The van der Waals surface area contributed by atoms with E-state index in [9.17, 15) is 10.1 Å². The first-order valence-corrected chi connectivity index (χ1v) is 7.31. The quantitative estimate of drug-likeness (QED) is 0.864. The Bertz CT molecular complexity index is 776. The standard InChI is InChI=1S/C18H17N3O/c1-12(16-5-3-2-4-14(16)11-19)21-17-8-7-15(20)10-13(17)6-9-18(21)22/h2-5,7-8,10,12H,6,9,20H2,1H3/t12-/m0/s1. The van der Waals surface area contributed by atoms with E-state index in [1.54, 1.807) is 11.0 Å². The Morgan fingerprint density at radius 1 is 1.23 bits per heavy atom. The highest BCUT2D eigenvalue weighted by Crippen LogP contribution is 2.36. The molecule has 22 heavy (non-hydrogen) atoms. The van der Waals surface area contributed by atoms with Gasteiger partial charge in [-0.1, -0.05) is 18.2 Å². The molecule has 0 aromatic heterocycles. The van der Waals surface area contributed by atoms with E-state index in [-0.39, 0.29) is 11.9 Å². The van der Waals surface area contributed by atoms with Gasteiger partial charge in [-0.3, -0.25) is 4.79 Å². The van der Waals surface area contributed by atoms with E-state index in [4.69, 9.17) is 5.73 Å². The molecule has 0 saturated carbocycles. The summed E-state index contributed by atoms with van der Waals surface area (Å²) in [5.74, 6) is 0.0810. The molecule has 1 amide bonds. The lowest BCUT2D eigenvalue weighted by Crippen LogP contribution is -2.37. The SMILES string of the molecule is C[C@@H](c1ccccc1C#N)N1C(=O)CCc2cc(N)ccc21. The summed E-state index contributed by atoms with van der Waals surface area (Å²) in [5, 5.41) is 9.29. The van der Waals surface area contributed by atoms with Crippen LogP contribution >= 0.6 is 0 Å². The van der Waals surface area contributed by atoms with E-state index in [0.717, 1.165) is 16.8 Å². The number of nitrogens with zero attached hydrogens (tertiary/aromatic N) is 2. The Labute approximate surface area is 129 Å². The van der Waals surface area contributed by atoms with E-state index in [2.05, 4.69) is 6.07 Å². The van der Waals surface area contributed by atoms with Gasteiger partial charge in [0.2, 0.25) is 5.91 Å². The Hall–Kier alpha value is -2.80. The highest BCUT2D eigenvalue weighted by atomic mass is 16.2. The lowest BCUT2D eigenvalue weighted by Gasteiger charge is -2.35.